The van der Waals surface area contributed by atoms with Crippen LogP contribution < -0.4 is 11.5 Å². The Morgan fingerprint density at radius 2 is 1.50 bits per heavy atom. The molecule has 2 aromatic rings. The molecule has 3 heteroatoms. The van der Waals surface area contributed by atoms with Gasteiger partial charge >= 0.3 is 0 Å². The summed E-state index contributed by atoms with van der Waals surface area (Å²) in [6, 6.07) is 13.8. The van der Waals surface area contributed by atoms with Crippen LogP contribution in [-0.4, -0.2) is 0 Å². The Bertz CT molecular complexity index is 492. The molecule has 0 saturated carbocycles. The zero-order chi connectivity index (χ0) is 11.5. The van der Waals surface area contributed by atoms with E-state index in [0.717, 1.165) is 22.3 Å². The fourth-order valence-electron chi connectivity index (χ4n) is 1.56. The van der Waals surface area contributed by atoms with Crippen molar-refractivity contribution in [2.24, 2.45) is 0 Å². The van der Waals surface area contributed by atoms with Crippen molar-refractivity contribution in [3.05, 3.63) is 58.1 Å². The quantitative estimate of drug-likeness (QED) is 0.828. The topological polar surface area (TPSA) is 52.0 Å². The molecular formula is C13H13BrN2. The smallest absolute Gasteiger partial charge is 0.0325 e. The Kier molecular flexibility index (Phi) is 3.15. The van der Waals surface area contributed by atoms with E-state index in [9.17, 15) is 0 Å². The summed E-state index contributed by atoms with van der Waals surface area (Å²) in [7, 11) is 0. The van der Waals surface area contributed by atoms with Gasteiger partial charge in [-0.2, -0.15) is 0 Å². The first-order valence-electron chi connectivity index (χ1n) is 5.03. The van der Waals surface area contributed by atoms with Crippen LogP contribution in [0.1, 0.15) is 11.1 Å². The molecular weight excluding hydrogens is 264 g/mol. The van der Waals surface area contributed by atoms with Crippen molar-refractivity contribution in [2.45, 2.75) is 6.42 Å². The van der Waals surface area contributed by atoms with Gasteiger partial charge in [0.2, 0.25) is 0 Å². The first-order chi connectivity index (χ1) is 7.65. The predicted octanol–water partition coefficient (Wildman–Crippen LogP) is 3.20. The van der Waals surface area contributed by atoms with E-state index in [4.69, 9.17) is 11.5 Å². The summed E-state index contributed by atoms with van der Waals surface area (Å²) in [6.07, 6.45) is 0.876. The fourth-order valence-corrected chi connectivity index (χ4v) is 2.10. The largest absolute Gasteiger partial charge is 0.399 e. The maximum Gasteiger partial charge on any atom is 0.0325 e. The van der Waals surface area contributed by atoms with Crippen LogP contribution in [0.15, 0.2) is 46.9 Å². The number of anilines is 2. The highest BCUT2D eigenvalue weighted by Crippen LogP contribution is 2.22. The molecule has 0 aliphatic heterocycles. The molecule has 0 aliphatic carbocycles. The summed E-state index contributed by atoms with van der Waals surface area (Å²) >= 11 is 3.51. The highest BCUT2D eigenvalue weighted by atomic mass is 79.9. The Hall–Kier alpha value is -1.48. The third-order valence-electron chi connectivity index (χ3n) is 2.45. The van der Waals surface area contributed by atoms with Gasteiger partial charge in [-0.1, -0.05) is 34.1 Å². The van der Waals surface area contributed by atoms with E-state index in [1.807, 2.05) is 42.5 Å². The summed E-state index contributed by atoms with van der Waals surface area (Å²) < 4.78 is 1.05. The van der Waals surface area contributed by atoms with Crippen molar-refractivity contribution in [3.63, 3.8) is 0 Å². The lowest BCUT2D eigenvalue weighted by Crippen LogP contribution is -1.92. The fraction of sp³-hybridized carbons (Fsp3) is 0.0769. The highest BCUT2D eigenvalue weighted by molar-refractivity contribution is 9.10. The van der Waals surface area contributed by atoms with E-state index in [1.165, 1.54) is 11.1 Å². The second kappa shape index (κ2) is 4.58. The van der Waals surface area contributed by atoms with Gasteiger partial charge in [0, 0.05) is 15.8 Å². The highest BCUT2D eigenvalue weighted by Gasteiger charge is 2.01. The normalized spacial score (nSPS) is 10.3. The molecule has 82 valence electrons. The van der Waals surface area contributed by atoms with E-state index in [-0.39, 0.29) is 0 Å². The molecule has 0 saturated heterocycles. The maximum absolute atomic E-state index is 5.69. The van der Waals surface area contributed by atoms with Crippen molar-refractivity contribution in [1.29, 1.82) is 0 Å². The minimum Gasteiger partial charge on any atom is -0.399 e. The number of benzene rings is 2. The van der Waals surface area contributed by atoms with Crippen molar-refractivity contribution in [2.75, 3.05) is 11.5 Å². The van der Waals surface area contributed by atoms with Crippen molar-refractivity contribution < 1.29 is 0 Å². The third kappa shape index (κ3) is 2.55. The Morgan fingerprint density at radius 3 is 2.12 bits per heavy atom. The summed E-state index contributed by atoms with van der Waals surface area (Å²) in [5.41, 5.74) is 15.4. The van der Waals surface area contributed by atoms with Crippen molar-refractivity contribution >= 4 is 27.3 Å². The standard InChI is InChI=1S/C13H13BrN2/c14-13-8-12(16)6-3-10(13)7-9-1-4-11(15)5-2-9/h1-6,8H,7,15-16H2. The van der Waals surface area contributed by atoms with Gasteiger partial charge in [0.25, 0.3) is 0 Å². The number of nitrogen functional groups attached to an aromatic ring is 2. The Balaban J connectivity index is 2.23. The molecule has 0 heterocycles. The van der Waals surface area contributed by atoms with Gasteiger partial charge in [-0.05, 0) is 41.8 Å². The third-order valence-corrected chi connectivity index (χ3v) is 3.19. The zero-order valence-corrected chi connectivity index (χ0v) is 10.4. The first-order valence-corrected chi connectivity index (χ1v) is 5.83. The van der Waals surface area contributed by atoms with E-state index >= 15 is 0 Å². The number of halogens is 1. The average Bonchev–Trinajstić information content (AvgIpc) is 2.25. The molecule has 2 nitrogen and oxygen atoms in total. The van der Waals surface area contributed by atoms with Gasteiger partial charge in [0.15, 0.2) is 0 Å². The molecule has 0 amide bonds. The van der Waals surface area contributed by atoms with E-state index in [2.05, 4.69) is 15.9 Å². The molecule has 0 aliphatic rings. The lowest BCUT2D eigenvalue weighted by molar-refractivity contribution is 1.18. The molecule has 0 bridgehead atoms. The van der Waals surface area contributed by atoms with Gasteiger partial charge < -0.3 is 11.5 Å². The van der Waals surface area contributed by atoms with Crippen LogP contribution in [-0.2, 0) is 6.42 Å². The first kappa shape index (κ1) is 11.0. The predicted molar refractivity (Wildman–Crippen MR) is 72.2 cm³/mol. The maximum atomic E-state index is 5.69. The molecule has 0 spiro atoms. The van der Waals surface area contributed by atoms with E-state index in [1.54, 1.807) is 0 Å². The summed E-state index contributed by atoms with van der Waals surface area (Å²) in [5.74, 6) is 0. The minimum atomic E-state index is 0.771. The van der Waals surface area contributed by atoms with Crippen molar-refractivity contribution in [1.82, 2.24) is 0 Å². The van der Waals surface area contributed by atoms with Gasteiger partial charge in [0.1, 0.15) is 0 Å². The Labute approximate surface area is 103 Å². The minimum absolute atomic E-state index is 0.771. The van der Waals surface area contributed by atoms with Crippen LogP contribution in [0.5, 0.6) is 0 Å². The number of rotatable bonds is 2. The van der Waals surface area contributed by atoms with E-state index in [0.29, 0.717) is 0 Å². The van der Waals surface area contributed by atoms with E-state index < -0.39 is 0 Å². The van der Waals surface area contributed by atoms with Crippen LogP contribution in [0.3, 0.4) is 0 Å². The number of hydrogen-bond donors (Lipinski definition) is 2. The van der Waals surface area contributed by atoms with Crippen LogP contribution in [0.25, 0.3) is 0 Å². The summed E-state index contributed by atoms with van der Waals surface area (Å²) in [4.78, 5) is 0. The summed E-state index contributed by atoms with van der Waals surface area (Å²) in [5, 5.41) is 0. The molecule has 0 radical (unpaired) electrons. The molecule has 0 fully saturated rings. The molecule has 0 atom stereocenters. The molecule has 16 heavy (non-hydrogen) atoms. The second-order valence-corrected chi connectivity index (χ2v) is 4.62. The molecule has 4 N–H and O–H groups in total. The Morgan fingerprint density at radius 1 is 0.875 bits per heavy atom. The van der Waals surface area contributed by atoms with Crippen LogP contribution in [0.2, 0.25) is 0 Å². The molecule has 0 aromatic heterocycles. The van der Waals surface area contributed by atoms with Gasteiger partial charge in [-0.25, -0.2) is 0 Å². The number of nitrogens with two attached hydrogens (primary N) is 2. The average molecular weight is 277 g/mol. The second-order valence-electron chi connectivity index (χ2n) is 3.77. The van der Waals surface area contributed by atoms with Gasteiger partial charge in [-0.3, -0.25) is 0 Å². The van der Waals surface area contributed by atoms with Crippen molar-refractivity contribution in [3.8, 4) is 0 Å². The van der Waals surface area contributed by atoms with Crippen LogP contribution >= 0.6 is 15.9 Å². The number of hydrogen-bond acceptors (Lipinski definition) is 2. The van der Waals surface area contributed by atoms with Crippen LogP contribution in [0, 0.1) is 0 Å². The molecule has 2 rings (SSSR count). The SMILES string of the molecule is Nc1ccc(Cc2ccc(N)cc2Br)cc1. The van der Waals surface area contributed by atoms with Gasteiger partial charge in [0.05, 0.1) is 0 Å². The lowest BCUT2D eigenvalue weighted by atomic mass is 10.0. The molecule has 0 unspecified atom stereocenters. The van der Waals surface area contributed by atoms with Gasteiger partial charge in [-0.15, -0.1) is 0 Å². The zero-order valence-electron chi connectivity index (χ0n) is 8.78. The molecule has 2 aromatic carbocycles. The lowest BCUT2D eigenvalue weighted by Gasteiger charge is -2.06. The monoisotopic (exact) mass is 276 g/mol. The summed E-state index contributed by atoms with van der Waals surface area (Å²) in [6.45, 7) is 0. The van der Waals surface area contributed by atoms with Crippen LogP contribution in [0.4, 0.5) is 11.4 Å².